The van der Waals surface area contributed by atoms with Crippen LogP contribution in [0.5, 0.6) is 0 Å². The van der Waals surface area contributed by atoms with Crippen LogP contribution in [-0.4, -0.2) is 53.9 Å². The average molecular weight is 196 g/mol. The van der Waals surface area contributed by atoms with Gasteiger partial charge in [-0.15, -0.1) is 0 Å². The second-order valence-corrected chi connectivity index (χ2v) is 3.99. The summed E-state index contributed by atoms with van der Waals surface area (Å²) in [6, 6.07) is -0.208. The predicted molar refractivity (Wildman–Crippen MR) is 54.2 cm³/mol. The lowest BCUT2D eigenvalue weighted by atomic mass is 9.97. The predicted octanol–water partition coefficient (Wildman–Crippen LogP) is -0.127. The summed E-state index contributed by atoms with van der Waals surface area (Å²) < 4.78 is 0. The Labute approximate surface area is 83.6 Å². The Morgan fingerprint density at radius 3 is 2.79 bits per heavy atom. The van der Waals surface area contributed by atoms with E-state index in [-0.39, 0.29) is 11.6 Å². The molecule has 2 heterocycles. The van der Waals surface area contributed by atoms with Crippen LogP contribution in [0.3, 0.4) is 0 Å². The zero-order valence-electron chi connectivity index (χ0n) is 8.66. The van der Waals surface area contributed by atoms with Crippen LogP contribution >= 0.6 is 0 Å². The van der Waals surface area contributed by atoms with E-state index in [1.165, 1.54) is 0 Å². The van der Waals surface area contributed by atoms with Crippen molar-refractivity contribution < 1.29 is 4.79 Å². The van der Waals surface area contributed by atoms with E-state index in [0.29, 0.717) is 5.84 Å². The third kappa shape index (κ3) is 1.05. The summed E-state index contributed by atoms with van der Waals surface area (Å²) in [4.78, 5) is 19.2. The van der Waals surface area contributed by atoms with E-state index in [1.54, 1.807) is 11.9 Å². The largest absolute Gasteiger partial charge is 0.385 e. The van der Waals surface area contributed by atoms with Crippen LogP contribution in [-0.2, 0) is 0 Å². The molecule has 2 aliphatic rings. The van der Waals surface area contributed by atoms with Crippen LogP contribution in [0, 0.1) is 0 Å². The van der Waals surface area contributed by atoms with Gasteiger partial charge in [0.1, 0.15) is 11.4 Å². The lowest BCUT2D eigenvalue weighted by Crippen LogP contribution is -2.54. The van der Waals surface area contributed by atoms with Crippen molar-refractivity contribution in [2.24, 2.45) is 10.7 Å². The zero-order chi connectivity index (χ0) is 10.3. The first kappa shape index (κ1) is 9.45. The maximum absolute atomic E-state index is 11.4. The van der Waals surface area contributed by atoms with Gasteiger partial charge in [-0.1, -0.05) is 6.92 Å². The van der Waals surface area contributed by atoms with E-state index in [0.717, 1.165) is 26.1 Å². The van der Waals surface area contributed by atoms with Crippen molar-refractivity contribution in [2.75, 3.05) is 26.7 Å². The molecule has 1 unspecified atom stereocenters. The van der Waals surface area contributed by atoms with E-state index in [1.807, 2.05) is 0 Å². The van der Waals surface area contributed by atoms with Gasteiger partial charge in [-0.2, -0.15) is 4.99 Å². The summed E-state index contributed by atoms with van der Waals surface area (Å²) in [6.07, 6.45) is 0.901. The van der Waals surface area contributed by atoms with Crippen molar-refractivity contribution in [2.45, 2.75) is 18.9 Å². The number of amides is 2. The van der Waals surface area contributed by atoms with Gasteiger partial charge in [-0.3, -0.25) is 0 Å². The zero-order valence-corrected chi connectivity index (χ0v) is 8.66. The molecule has 0 saturated carbocycles. The molecule has 1 atom stereocenters. The lowest BCUT2D eigenvalue weighted by Gasteiger charge is -2.31. The summed E-state index contributed by atoms with van der Waals surface area (Å²) >= 11 is 0. The highest BCUT2D eigenvalue weighted by Crippen LogP contribution is 2.31. The number of hydrogen-bond acceptors (Lipinski definition) is 3. The SMILES string of the molecule is CCN1CCC2(C1)C(N)=NC(=O)N2C. The van der Waals surface area contributed by atoms with E-state index in [2.05, 4.69) is 16.8 Å². The maximum atomic E-state index is 11.4. The number of urea groups is 1. The topological polar surface area (TPSA) is 61.9 Å². The Balaban J connectivity index is 2.25. The van der Waals surface area contributed by atoms with E-state index in [4.69, 9.17) is 5.73 Å². The minimum absolute atomic E-state index is 0.208. The molecule has 1 spiro atoms. The van der Waals surface area contributed by atoms with Gasteiger partial charge in [0, 0.05) is 20.1 Å². The minimum atomic E-state index is -0.312. The van der Waals surface area contributed by atoms with Crippen LogP contribution in [0.2, 0.25) is 0 Å². The van der Waals surface area contributed by atoms with Gasteiger partial charge in [0.2, 0.25) is 0 Å². The highest BCUT2D eigenvalue weighted by Gasteiger charge is 2.50. The first-order valence-corrected chi connectivity index (χ1v) is 4.95. The Kier molecular flexibility index (Phi) is 1.99. The van der Waals surface area contributed by atoms with Gasteiger partial charge >= 0.3 is 6.03 Å². The van der Waals surface area contributed by atoms with Gasteiger partial charge in [0.05, 0.1) is 0 Å². The highest BCUT2D eigenvalue weighted by atomic mass is 16.2. The molecular formula is C9H16N4O. The first-order valence-electron chi connectivity index (χ1n) is 4.95. The van der Waals surface area contributed by atoms with Crippen molar-refractivity contribution in [3.05, 3.63) is 0 Å². The Hall–Kier alpha value is -1.10. The summed E-state index contributed by atoms with van der Waals surface area (Å²) in [6.45, 7) is 4.92. The number of amidine groups is 1. The molecular weight excluding hydrogens is 180 g/mol. The summed E-state index contributed by atoms with van der Waals surface area (Å²) in [5, 5.41) is 0. The van der Waals surface area contributed by atoms with Crippen LogP contribution in [0.25, 0.3) is 0 Å². The number of carbonyl (C=O) groups is 1. The molecule has 0 aromatic heterocycles. The van der Waals surface area contributed by atoms with Crippen LogP contribution in [0.15, 0.2) is 4.99 Å². The standard InChI is InChI=1S/C9H16N4O/c1-3-13-5-4-9(6-13)7(10)11-8(14)12(9)2/h3-6H2,1-2H3,(H2,10,11,14). The Bertz CT molecular complexity index is 301. The van der Waals surface area contributed by atoms with Crippen LogP contribution in [0.1, 0.15) is 13.3 Å². The van der Waals surface area contributed by atoms with Crippen molar-refractivity contribution in [1.29, 1.82) is 0 Å². The third-order valence-corrected chi connectivity index (χ3v) is 3.40. The molecule has 0 aliphatic carbocycles. The number of hydrogen-bond donors (Lipinski definition) is 1. The van der Waals surface area contributed by atoms with Gasteiger partial charge in [0.25, 0.3) is 0 Å². The lowest BCUT2D eigenvalue weighted by molar-refractivity contribution is 0.190. The van der Waals surface area contributed by atoms with Gasteiger partial charge in [0.15, 0.2) is 0 Å². The van der Waals surface area contributed by atoms with E-state index >= 15 is 0 Å². The second kappa shape index (κ2) is 2.95. The minimum Gasteiger partial charge on any atom is -0.385 e. The monoisotopic (exact) mass is 196 g/mol. The number of likely N-dealkylation sites (N-methyl/N-ethyl adjacent to an activating group) is 2. The number of rotatable bonds is 1. The normalized spacial score (nSPS) is 33.1. The van der Waals surface area contributed by atoms with Crippen LogP contribution < -0.4 is 5.73 Å². The molecule has 1 saturated heterocycles. The van der Waals surface area contributed by atoms with Crippen LogP contribution in [0.4, 0.5) is 4.79 Å². The molecule has 5 heteroatoms. The Morgan fingerprint density at radius 2 is 2.36 bits per heavy atom. The van der Waals surface area contributed by atoms with Crippen molar-refractivity contribution in [3.8, 4) is 0 Å². The number of carbonyl (C=O) groups excluding carboxylic acids is 1. The molecule has 78 valence electrons. The fourth-order valence-electron chi connectivity index (χ4n) is 2.26. The number of nitrogens with two attached hydrogens (primary N) is 1. The van der Waals surface area contributed by atoms with E-state index < -0.39 is 0 Å². The molecule has 14 heavy (non-hydrogen) atoms. The molecule has 1 fully saturated rings. The van der Waals surface area contributed by atoms with Gasteiger partial charge < -0.3 is 15.5 Å². The smallest absolute Gasteiger partial charge is 0.345 e. The maximum Gasteiger partial charge on any atom is 0.345 e. The summed E-state index contributed by atoms with van der Waals surface area (Å²) in [5.74, 6) is 0.487. The highest BCUT2D eigenvalue weighted by molar-refractivity contribution is 6.06. The second-order valence-electron chi connectivity index (χ2n) is 3.99. The molecule has 0 aromatic rings. The molecule has 2 aliphatic heterocycles. The molecule has 0 aromatic carbocycles. The van der Waals surface area contributed by atoms with Crippen molar-refractivity contribution in [3.63, 3.8) is 0 Å². The summed E-state index contributed by atoms with van der Waals surface area (Å²) in [5.41, 5.74) is 5.52. The van der Waals surface area contributed by atoms with Crippen molar-refractivity contribution >= 4 is 11.9 Å². The number of nitrogens with zero attached hydrogens (tertiary/aromatic N) is 3. The average Bonchev–Trinajstić information content (AvgIpc) is 2.68. The third-order valence-electron chi connectivity index (χ3n) is 3.40. The Morgan fingerprint density at radius 1 is 1.64 bits per heavy atom. The van der Waals surface area contributed by atoms with Gasteiger partial charge in [-0.05, 0) is 13.0 Å². The summed E-state index contributed by atoms with van der Waals surface area (Å²) in [7, 11) is 1.78. The number of likely N-dealkylation sites (tertiary alicyclic amines) is 1. The molecule has 2 rings (SSSR count). The van der Waals surface area contributed by atoms with E-state index in [9.17, 15) is 4.79 Å². The fraction of sp³-hybridized carbons (Fsp3) is 0.778. The molecule has 2 N–H and O–H groups in total. The fourth-order valence-corrected chi connectivity index (χ4v) is 2.26. The molecule has 0 bridgehead atoms. The first-order chi connectivity index (χ1) is 6.60. The molecule has 5 nitrogen and oxygen atoms in total. The quantitative estimate of drug-likeness (QED) is 0.635. The number of aliphatic imine (C=N–C) groups is 1. The molecule has 2 amide bonds. The van der Waals surface area contributed by atoms with Crippen molar-refractivity contribution in [1.82, 2.24) is 9.80 Å². The molecule has 0 radical (unpaired) electrons. The van der Waals surface area contributed by atoms with Gasteiger partial charge in [-0.25, -0.2) is 4.79 Å².